The Morgan fingerprint density at radius 1 is 0.295 bits per heavy atom. The zero-order chi connectivity index (χ0) is 69.8. The Morgan fingerprint density at radius 2 is 0.505 bits per heavy atom. The van der Waals surface area contributed by atoms with Gasteiger partial charge in [-0.15, -0.1) is 0 Å². The Morgan fingerprint density at radius 3 is 0.747 bits per heavy atom. The summed E-state index contributed by atoms with van der Waals surface area (Å²) in [5.41, 5.74) is 0. The van der Waals surface area contributed by atoms with Crippen molar-refractivity contribution >= 4 is 39.5 Å². The number of rotatable bonds is 76. The number of aliphatic hydroxyl groups is 1. The molecular weight excluding hydrogens is 1250 g/mol. The maximum atomic E-state index is 13.1. The lowest BCUT2D eigenvalue weighted by atomic mass is 9.99. The fourth-order valence-electron chi connectivity index (χ4n) is 11.7. The first-order valence-electron chi connectivity index (χ1n) is 39.7. The predicted octanol–water partition coefficient (Wildman–Crippen LogP) is 22.5. The zero-order valence-electron chi connectivity index (χ0n) is 61.8. The summed E-state index contributed by atoms with van der Waals surface area (Å²) in [7, 11) is -9.90. The summed E-state index contributed by atoms with van der Waals surface area (Å²) >= 11 is 0. The van der Waals surface area contributed by atoms with Crippen molar-refractivity contribution in [3.05, 3.63) is 0 Å². The van der Waals surface area contributed by atoms with Crippen LogP contribution in [0, 0.1) is 5.92 Å². The molecule has 0 rings (SSSR count). The van der Waals surface area contributed by atoms with Crippen molar-refractivity contribution < 1.29 is 80.2 Å². The van der Waals surface area contributed by atoms with E-state index in [1.165, 1.54) is 218 Å². The maximum absolute atomic E-state index is 13.1. The third-order valence-electron chi connectivity index (χ3n) is 18.1. The fourth-order valence-corrected chi connectivity index (χ4v) is 13.3. The van der Waals surface area contributed by atoms with Gasteiger partial charge in [0.1, 0.15) is 19.3 Å². The lowest BCUT2D eigenvalue weighted by Gasteiger charge is -2.21. The molecule has 0 bridgehead atoms. The first kappa shape index (κ1) is 93.1. The van der Waals surface area contributed by atoms with Crippen molar-refractivity contribution in [2.45, 2.75) is 419 Å². The second-order valence-electron chi connectivity index (χ2n) is 27.6. The standard InChI is InChI=1S/C76H148O17P2/c1-6-10-13-16-18-20-22-23-24-25-26-27-28-29-30-31-36-39-43-47-52-57-62-76(81)93-72(66-87-74(79)60-55-50-45-42-38-35-33-32-34-37-40-44-49-53-58-69(5)9-4)68-91-95(84,85)89-64-70(77)63-88-94(82,83)90-67-71(65-86-73(78)59-54-48-15-12-8-3)92-75(80)61-56-51-46-41-21-19-17-14-11-7-2/h69-72,77H,6-68H2,1-5H3,(H,82,83)(H,84,85)/t69?,70-,71+,72+/m0/s1. The van der Waals surface area contributed by atoms with E-state index in [9.17, 15) is 43.2 Å². The van der Waals surface area contributed by atoms with E-state index in [0.29, 0.717) is 25.7 Å². The molecule has 0 saturated heterocycles. The van der Waals surface area contributed by atoms with Gasteiger partial charge in [0, 0.05) is 25.7 Å². The van der Waals surface area contributed by atoms with Crippen LogP contribution in [0.25, 0.3) is 0 Å². The van der Waals surface area contributed by atoms with E-state index < -0.39 is 97.5 Å². The van der Waals surface area contributed by atoms with E-state index in [0.717, 1.165) is 102 Å². The summed E-state index contributed by atoms with van der Waals surface area (Å²) in [6.45, 7) is 7.24. The second-order valence-corrected chi connectivity index (χ2v) is 30.5. The zero-order valence-corrected chi connectivity index (χ0v) is 63.6. The molecule has 0 aliphatic rings. The number of carbonyl (C=O) groups is 4. The molecule has 0 saturated carbocycles. The molecular formula is C76H148O17P2. The van der Waals surface area contributed by atoms with Crippen LogP contribution < -0.4 is 0 Å². The number of hydrogen-bond acceptors (Lipinski definition) is 15. The van der Waals surface area contributed by atoms with Gasteiger partial charge in [-0.3, -0.25) is 37.3 Å². The topological polar surface area (TPSA) is 237 Å². The lowest BCUT2D eigenvalue weighted by molar-refractivity contribution is -0.161. The monoisotopic (exact) mass is 1400 g/mol. The fraction of sp³-hybridized carbons (Fsp3) is 0.947. The Labute approximate surface area is 581 Å². The van der Waals surface area contributed by atoms with Crippen LogP contribution in [-0.2, 0) is 65.4 Å². The van der Waals surface area contributed by atoms with Crippen molar-refractivity contribution in [1.29, 1.82) is 0 Å². The van der Waals surface area contributed by atoms with Crippen LogP contribution in [0.2, 0.25) is 0 Å². The largest absolute Gasteiger partial charge is 0.472 e. The van der Waals surface area contributed by atoms with Crippen molar-refractivity contribution in [2.24, 2.45) is 5.92 Å². The molecule has 0 aliphatic carbocycles. The summed E-state index contributed by atoms with van der Waals surface area (Å²) < 4.78 is 68.2. The molecule has 17 nitrogen and oxygen atoms in total. The molecule has 0 radical (unpaired) electrons. The van der Waals surface area contributed by atoms with Gasteiger partial charge in [-0.25, -0.2) is 9.13 Å². The van der Waals surface area contributed by atoms with Gasteiger partial charge in [-0.05, 0) is 31.6 Å². The molecule has 0 aromatic rings. The average molecular weight is 1400 g/mol. The highest BCUT2D eigenvalue weighted by atomic mass is 31.2. The van der Waals surface area contributed by atoms with Gasteiger partial charge in [0.05, 0.1) is 26.4 Å². The minimum Gasteiger partial charge on any atom is -0.462 e. The first-order chi connectivity index (χ1) is 46.1. The van der Waals surface area contributed by atoms with Gasteiger partial charge in [0.15, 0.2) is 12.2 Å². The Balaban J connectivity index is 5.10. The third-order valence-corrected chi connectivity index (χ3v) is 20.0. The highest BCUT2D eigenvalue weighted by Crippen LogP contribution is 2.45. The van der Waals surface area contributed by atoms with Crippen LogP contribution in [0.1, 0.15) is 401 Å². The number of phosphoric acid groups is 2. The number of ether oxygens (including phenoxy) is 4. The number of phosphoric ester groups is 2. The molecule has 0 aliphatic heterocycles. The normalized spacial score (nSPS) is 14.2. The molecule has 0 heterocycles. The van der Waals surface area contributed by atoms with Crippen LogP contribution in [0.4, 0.5) is 0 Å². The summed E-state index contributed by atoms with van der Waals surface area (Å²) in [5.74, 6) is -1.28. The first-order valence-corrected chi connectivity index (χ1v) is 42.7. The number of hydrogen-bond donors (Lipinski definition) is 3. The van der Waals surface area contributed by atoms with E-state index in [-0.39, 0.29) is 25.7 Å². The number of aliphatic hydroxyl groups excluding tert-OH is 1. The van der Waals surface area contributed by atoms with Crippen molar-refractivity contribution in [2.75, 3.05) is 39.6 Å². The van der Waals surface area contributed by atoms with E-state index >= 15 is 0 Å². The average Bonchev–Trinajstić information content (AvgIpc) is 1.65. The van der Waals surface area contributed by atoms with Crippen LogP contribution >= 0.6 is 15.6 Å². The van der Waals surface area contributed by atoms with Crippen LogP contribution in [-0.4, -0.2) is 96.7 Å². The summed E-state index contributed by atoms with van der Waals surface area (Å²) in [6.07, 6.45) is 58.8. The SMILES string of the molecule is CCCCCCCCCCCCCCCCCCCCCCCCC(=O)O[C@H](COC(=O)CCCCCCCCCCCCCCCCC(C)CC)COP(=O)(O)OC[C@@H](O)COP(=O)(O)OC[C@@H](COC(=O)CCCCCCC)OC(=O)CCCCCCCCCCCC. The van der Waals surface area contributed by atoms with Crippen LogP contribution in [0.3, 0.4) is 0 Å². The lowest BCUT2D eigenvalue weighted by Crippen LogP contribution is -2.30. The molecule has 0 amide bonds. The van der Waals surface area contributed by atoms with Crippen molar-refractivity contribution in [3.8, 4) is 0 Å². The third kappa shape index (κ3) is 69.0. The number of carbonyl (C=O) groups excluding carboxylic acids is 4. The number of esters is 4. The highest BCUT2D eigenvalue weighted by Gasteiger charge is 2.30. The Bertz CT molecular complexity index is 1820. The van der Waals surface area contributed by atoms with E-state index in [2.05, 4.69) is 34.6 Å². The maximum Gasteiger partial charge on any atom is 0.472 e. The van der Waals surface area contributed by atoms with Crippen molar-refractivity contribution in [3.63, 3.8) is 0 Å². The molecule has 0 fully saturated rings. The van der Waals surface area contributed by atoms with Gasteiger partial charge in [0.25, 0.3) is 0 Å². The van der Waals surface area contributed by atoms with Crippen LogP contribution in [0.5, 0.6) is 0 Å². The van der Waals surface area contributed by atoms with Gasteiger partial charge in [0.2, 0.25) is 0 Å². The molecule has 3 N–H and O–H groups in total. The quantitative estimate of drug-likeness (QED) is 0.0222. The molecule has 95 heavy (non-hydrogen) atoms. The molecule has 3 unspecified atom stereocenters. The minimum absolute atomic E-state index is 0.106. The Hall–Kier alpha value is -1.94. The molecule has 564 valence electrons. The summed E-state index contributed by atoms with van der Waals surface area (Å²) in [4.78, 5) is 72.4. The minimum atomic E-state index is -4.95. The highest BCUT2D eigenvalue weighted by molar-refractivity contribution is 7.47. The predicted molar refractivity (Wildman–Crippen MR) is 386 cm³/mol. The van der Waals surface area contributed by atoms with Crippen molar-refractivity contribution in [1.82, 2.24) is 0 Å². The number of unbranched alkanes of at least 4 members (excludes halogenated alkanes) is 47. The van der Waals surface area contributed by atoms with Gasteiger partial charge in [-0.2, -0.15) is 0 Å². The van der Waals surface area contributed by atoms with E-state index in [4.69, 9.17) is 37.0 Å². The molecule has 0 aromatic carbocycles. The van der Waals surface area contributed by atoms with E-state index in [1.54, 1.807) is 0 Å². The van der Waals surface area contributed by atoms with Gasteiger partial charge < -0.3 is 33.8 Å². The Kier molecular flexibility index (Phi) is 67.7. The molecule has 0 spiro atoms. The van der Waals surface area contributed by atoms with Gasteiger partial charge >= 0.3 is 39.5 Å². The second kappa shape index (κ2) is 69.2. The summed E-state index contributed by atoms with van der Waals surface area (Å²) in [5, 5.41) is 10.6. The van der Waals surface area contributed by atoms with Gasteiger partial charge in [-0.1, -0.05) is 349 Å². The molecule has 19 heteroatoms. The van der Waals surface area contributed by atoms with E-state index in [1.807, 2.05) is 0 Å². The smallest absolute Gasteiger partial charge is 0.462 e. The van der Waals surface area contributed by atoms with Crippen LogP contribution in [0.15, 0.2) is 0 Å². The molecule has 0 aromatic heterocycles. The summed E-state index contributed by atoms with van der Waals surface area (Å²) in [6, 6.07) is 0. The molecule has 6 atom stereocenters.